The summed E-state index contributed by atoms with van der Waals surface area (Å²) in [6.07, 6.45) is -6.85. The molecule has 0 saturated carbocycles. The standard InChI is InChI=1S/C10H12F3NO5S2/c1-20(16,17)7-2-4-8(5-3-7)21(18,19)14-6-9(15)10(11,12)13/h2-5,9,14-15H,6H2,1H3. The SMILES string of the molecule is CS(=O)(=O)c1ccc(S(=O)(=O)NCC(O)C(F)(F)F)cc1. The molecule has 21 heavy (non-hydrogen) atoms. The Kier molecular flexibility index (Phi) is 5.03. The van der Waals surface area contributed by atoms with Gasteiger partial charge in [-0.1, -0.05) is 0 Å². The van der Waals surface area contributed by atoms with Crippen molar-refractivity contribution in [1.82, 2.24) is 4.72 Å². The average molecular weight is 347 g/mol. The van der Waals surface area contributed by atoms with Crippen molar-refractivity contribution in [3.05, 3.63) is 24.3 Å². The largest absolute Gasteiger partial charge is 0.415 e. The lowest BCUT2D eigenvalue weighted by Gasteiger charge is -2.15. The Morgan fingerprint density at radius 3 is 1.90 bits per heavy atom. The molecule has 0 aliphatic carbocycles. The zero-order chi connectivity index (χ0) is 16.5. The Labute approximate surface area is 119 Å². The number of aliphatic hydroxyl groups excluding tert-OH is 1. The van der Waals surface area contributed by atoms with Gasteiger partial charge in [-0.2, -0.15) is 13.2 Å². The number of halogens is 3. The fourth-order valence-electron chi connectivity index (χ4n) is 1.25. The van der Waals surface area contributed by atoms with Crippen LogP contribution in [0.2, 0.25) is 0 Å². The van der Waals surface area contributed by atoms with E-state index in [1.165, 1.54) is 0 Å². The Morgan fingerprint density at radius 2 is 1.52 bits per heavy atom. The van der Waals surface area contributed by atoms with Crippen LogP contribution in [0.15, 0.2) is 34.1 Å². The van der Waals surface area contributed by atoms with Crippen LogP contribution in [0, 0.1) is 0 Å². The van der Waals surface area contributed by atoms with Crippen LogP contribution in [0.3, 0.4) is 0 Å². The van der Waals surface area contributed by atoms with Gasteiger partial charge in [0.15, 0.2) is 15.9 Å². The van der Waals surface area contributed by atoms with Crippen molar-refractivity contribution in [2.24, 2.45) is 0 Å². The Balaban J connectivity index is 2.89. The van der Waals surface area contributed by atoms with E-state index >= 15 is 0 Å². The highest BCUT2D eigenvalue weighted by atomic mass is 32.2. The molecule has 0 aromatic heterocycles. The maximum Gasteiger partial charge on any atom is 0.415 e. The minimum atomic E-state index is -4.94. The summed E-state index contributed by atoms with van der Waals surface area (Å²) in [5.41, 5.74) is 0. The monoisotopic (exact) mass is 347 g/mol. The molecule has 0 amide bonds. The fourth-order valence-corrected chi connectivity index (χ4v) is 2.92. The second-order valence-corrected chi connectivity index (χ2v) is 7.94. The van der Waals surface area contributed by atoms with E-state index in [2.05, 4.69) is 0 Å². The highest BCUT2D eigenvalue weighted by Gasteiger charge is 2.38. The summed E-state index contributed by atoms with van der Waals surface area (Å²) in [6.45, 7) is -1.24. The van der Waals surface area contributed by atoms with Crippen molar-refractivity contribution in [3.63, 3.8) is 0 Å². The minimum Gasteiger partial charge on any atom is -0.382 e. The molecule has 120 valence electrons. The summed E-state index contributed by atoms with van der Waals surface area (Å²) in [6, 6.07) is 3.92. The van der Waals surface area contributed by atoms with Gasteiger partial charge in [0.05, 0.1) is 9.79 Å². The van der Waals surface area contributed by atoms with Gasteiger partial charge in [0.1, 0.15) is 0 Å². The zero-order valence-corrected chi connectivity index (χ0v) is 12.3. The van der Waals surface area contributed by atoms with Crippen LogP contribution in [-0.2, 0) is 19.9 Å². The normalized spacial score (nSPS) is 14.9. The van der Waals surface area contributed by atoms with Crippen LogP contribution in [0.4, 0.5) is 13.2 Å². The second kappa shape index (κ2) is 5.91. The predicted octanol–water partition coefficient (Wildman–Crippen LogP) is 0.292. The van der Waals surface area contributed by atoms with Crippen molar-refractivity contribution in [1.29, 1.82) is 0 Å². The highest BCUT2D eigenvalue weighted by Crippen LogP contribution is 2.20. The summed E-state index contributed by atoms with van der Waals surface area (Å²) in [7, 11) is -7.80. The smallest absolute Gasteiger partial charge is 0.382 e. The molecule has 0 heterocycles. The molecule has 0 aliphatic rings. The second-order valence-electron chi connectivity index (χ2n) is 4.15. The summed E-state index contributed by atoms with van der Waals surface area (Å²) in [5.74, 6) is 0. The number of nitrogens with one attached hydrogen (secondary N) is 1. The molecule has 1 rings (SSSR count). The molecule has 1 atom stereocenters. The lowest BCUT2D eigenvalue weighted by Crippen LogP contribution is -2.40. The number of hydrogen-bond donors (Lipinski definition) is 2. The molecule has 1 aromatic rings. The van der Waals surface area contributed by atoms with Gasteiger partial charge in [-0.3, -0.25) is 0 Å². The molecule has 0 aliphatic heterocycles. The zero-order valence-electron chi connectivity index (χ0n) is 10.6. The molecule has 0 radical (unpaired) electrons. The molecule has 0 fully saturated rings. The molecular formula is C10H12F3NO5S2. The van der Waals surface area contributed by atoms with Crippen LogP contribution >= 0.6 is 0 Å². The lowest BCUT2D eigenvalue weighted by molar-refractivity contribution is -0.200. The molecule has 0 bridgehead atoms. The third kappa shape index (κ3) is 4.95. The van der Waals surface area contributed by atoms with E-state index in [1.807, 2.05) is 0 Å². The van der Waals surface area contributed by atoms with Crippen LogP contribution in [0.5, 0.6) is 0 Å². The summed E-state index contributed by atoms with van der Waals surface area (Å²) in [4.78, 5) is -0.541. The van der Waals surface area contributed by atoms with E-state index in [-0.39, 0.29) is 4.90 Å². The number of sulfone groups is 1. The number of benzene rings is 1. The quantitative estimate of drug-likeness (QED) is 0.797. The number of hydrogen-bond acceptors (Lipinski definition) is 5. The highest BCUT2D eigenvalue weighted by molar-refractivity contribution is 7.90. The predicted molar refractivity (Wildman–Crippen MR) is 66.8 cm³/mol. The summed E-state index contributed by atoms with van der Waals surface area (Å²) < 4.78 is 83.5. The van der Waals surface area contributed by atoms with E-state index in [4.69, 9.17) is 5.11 Å². The fraction of sp³-hybridized carbons (Fsp3) is 0.400. The molecular weight excluding hydrogens is 335 g/mol. The van der Waals surface area contributed by atoms with Crippen molar-refractivity contribution in [3.8, 4) is 0 Å². The van der Waals surface area contributed by atoms with Crippen LogP contribution in [-0.4, -0.2) is 47.0 Å². The Morgan fingerprint density at radius 1 is 1.10 bits per heavy atom. The number of alkyl halides is 3. The first-order valence-corrected chi connectivity index (χ1v) is 8.76. The van der Waals surface area contributed by atoms with Gasteiger partial charge < -0.3 is 5.11 Å². The van der Waals surface area contributed by atoms with Gasteiger partial charge in [0, 0.05) is 12.8 Å². The minimum absolute atomic E-state index is 0.128. The Hall–Kier alpha value is -1.17. The summed E-state index contributed by atoms with van der Waals surface area (Å²) in [5, 5.41) is 8.72. The first-order chi connectivity index (χ1) is 9.34. The van der Waals surface area contributed by atoms with E-state index in [1.54, 1.807) is 4.72 Å². The number of rotatable bonds is 5. The van der Waals surface area contributed by atoms with Crippen molar-refractivity contribution in [2.75, 3.05) is 12.8 Å². The van der Waals surface area contributed by atoms with Crippen LogP contribution in [0.25, 0.3) is 0 Å². The molecule has 0 spiro atoms. The van der Waals surface area contributed by atoms with E-state index in [0.29, 0.717) is 0 Å². The molecule has 2 N–H and O–H groups in total. The maximum absolute atomic E-state index is 12.1. The topological polar surface area (TPSA) is 101 Å². The average Bonchev–Trinajstić information content (AvgIpc) is 2.34. The van der Waals surface area contributed by atoms with Crippen molar-refractivity contribution >= 4 is 19.9 Å². The van der Waals surface area contributed by atoms with Gasteiger partial charge in [0.2, 0.25) is 10.0 Å². The number of sulfonamides is 1. The molecule has 6 nitrogen and oxygen atoms in total. The summed E-state index contributed by atoms with van der Waals surface area (Å²) >= 11 is 0. The molecule has 1 unspecified atom stereocenters. The van der Waals surface area contributed by atoms with Gasteiger partial charge >= 0.3 is 6.18 Å². The molecule has 1 aromatic carbocycles. The van der Waals surface area contributed by atoms with Gasteiger partial charge in [-0.25, -0.2) is 21.6 Å². The van der Waals surface area contributed by atoms with Gasteiger partial charge in [0.25, 0.3) is 0 Å². The lowest BCUT2D eigenvalue weighted by atomic mass is 10.4. The third-order valence-corrected chi connectivity index (χ3v) is 4.97. The van der Waals surface area contributed by atoms with Gasteiger partial charge in [-0.05, 0) is 24.3 Å². The van der Waals surface area contributed by atoms with Crippen molar-refractivity contribution < 1.29 is 35.1 Å². The third-order valence-electron chi connectivity index (χ3n) is 2.41. The number of aliphatic hydroxyl groups is 1. The van der Waals surface area contributed by atoms with Gasteiger partial charge in [-0.15, -0.1) is 0 Å². The maximum atomic E-state index is 12.1. The Bertz CT molecular complexity index is 695. The first kappa shape index (κ1) is 17.9. The van der Waals surface area contributed by atoms with Crippen molar-refractivity contribution in [2.45, 2.75) is 22.1 Å². The van der Waals surface area contributed by atoms with E-state index < -0.39 is 43.6 Å². The van der Waals surface area contributed by atoms with Crippen LogP contribution in [0.1, 0.15) is 0 Å². The van der Waals surface area contributed by atoms with E-state index in [0.717, 1.165) is 30.5 Å². The van der Waals surface area contributed by atoms with Crippen LogP contribution < -0.4 is 4.72 Å². The van der Waals surface area contributed by atoms with E-state index in [9.17, 15) is 30.0 Å². The molecule has 0 saturated heterocycles. The first-order valence-electron chi connectivity index (χ1n) is 5.38. The molecule has 11 heteroatoms.